The summed E-state index contributed by atoms with van der Waals surface area (Å²) in [4.78, 5) is 24.9. The summed E-state index contributed by atoms with van der Waals surface area (Å²) in [5.74, 6) is -0.674. The number of carbonyl (C=O) groups is 2. The summed E-state index contributed by atoms with van der Waals surface area (Å²) >= 11 is 7.52. The Morgan fingerprint density at radius 3 is 2.52 bits per heavy atom. The first-order chi connectivity index (χ1) is 11.0. The number of halogens is 1. The Kier molecular flexibility index (Phi) is 6.07. The maximum absolute atomic E-state index is 12.3. The second kappa shape index (κ2) is 8.04. The zero-order chi connectivity index (χ0) is 16.8. The molecule has 0 aromatic heterocycles. The lowest BCUT2D eigenvalue weighted by Gasteiger charge is -2.13. The molecule has 23 heavy (non-hydrogen) atoms. The minimum atomic E-state index is -0.483. The van der Waals surface area contributed by atoms with Crippen LogP contribution >= 0.6 is 23.4 Å². The molecule has 1 N–H and O–H groups in total. The standard InChI is InChI=1S/C17H16ClNO3S/c1-11(23-13-6-4-3-5-7-13)16(20)19-15-10-12(17(21)22-2)8-9-14(15)18/h3-11H,1-2H3,(H,19,20)/t11-/m1/s1. The first kappa shape index (κ1) is 17.4. The number of hydrogen-bond acceptors (Lipinski definition) is 4. The van der Waals surface area contributed by atoms with Crippen molar-refractivity contribution in [2.24, 2.45) is 0 Å². The lowest BCUT2D eigenvalue weighted by Crippen LogP contribution is -2.22. The number of ether oxygens (including phenoxy) is 1. The highest BCUT2D eigenvalue weighted by atomic mass is 35.5. The summed E-state index contributed by atoms with van der Waals surface area (Å²) in [5, 5.41) is 2.80. The Morgan fingerprint density at radius 1 is 1.17 bits per heavy atom. The number of methoxy groups -OCH3 is 1. The number of hydrogen-bond donors (Lipinski definition) is 1. The predicted molar refractivity (Wildman–Crippen MR) is 93.2 cm³/mol. The van der Waals surface area contributed by atoms with Crippen molar-refractivity contribution < 1.29 is 14.3 Å². The Morgan fingerprint density at radius 2 is 1.87 bits per heavy atom. The number of anilines is 1. The maximum atomic E-state index is 12.3. The van der Waals surface area contributed by atoms with Crippen molar-refractivity contribution in [3.05, 3.63) is 59.1 Å². The molecule has 0 heterocycles. The number of amides is 1. The highest BCUT2D eigenvalue weighted by Crippen LogP contribution is 2.27. The van der Waals surface area contributed by atoms with E-state index in [-0.39, 0.29) is 11.2 Å². The molecule has 120 valence electrons. The van der Waals surface area contributed by atoms with Crippen molar-refractivity contribution in [3.8, 4) is 0 Å². The van der Waals surface area contributed by atoms with Crippen molar-refractivity contribution in [1.29, 1.82) is 0 Å². The third-order valence-electron chi connectivity index (χ3n) is 3.07. The molecule has 4 nitrogen and oxygen atoms in total. The molecule has 2 aromatic carbocycles. The normalized spacial score (nSPS) is 11.6. The highest BCUT2D eigenvalue weighted by molar-refractivity contribution is 8.00. The van der Waals surface area contributed by atoms with Crippen LogP contribution in [0.4, 0.5) is 5.69 Å². The van der Waals surface area contributed by atoms with Gasteiger partial charge in [-0.25, -0.2) is 4.79 Å². The van der Waals surface area contributed by atoms with Crippen LogP contribution in [0.1, 0.15) is 17.3 Å². The van der Waals surface area contributed by atoms with Gasteiger partial charge >= 0.3 is 5.97 Å². The molecular formula is C17H16ClNO3S. The topological polar surface area (TPSA) is 55.4 Å². The first-order valence-electron chi connectivity index (χ1n) is 6.91. The van der Waals surface area contributed by atoms with E-state index in [1.54, 1.807) is 12.1 Å². The predicted octanol–water partition coefficient (Wildman–Crippen LogP) is 4.25. The van der Waals surface area contributed by atoms with Gasteiger partial charge in [-0.2, -0.15) is 0 Å². The molecule has 0 saturated carbocycles. The zero-order valence-corrected chi connectivity index (χ0v) is 14.3. The summed E-state index contributed by atoms with van der Waals surface area (Å²) in [7, 11) is 1.30. The fourth-order valence-corrected chi connectivity index (χ4v) is 2.91. The van der Waals surface area contributed by atoms with E-state index >= 15 is 0 Å². The van der Waals surface area contributed by atoms with Crippen LogP contribution in [-0.4, -0.2) is 24.2 Å². The molecule has 0 bridgehead atoms. The van der Waals surface area contributed by atoms with Gasteiger partial charge in [0.1, 0.15) is 0 Å². The Labute approximate surface area is 144 Å². The molecule has 2 aromatic rings. The summed E-state index contributed by atoms with van der Waals surface area (Å²) in [6.07, 6.45) is 0. The number of esters is 1. The van der Waals surface area contributed by atoms with Crippen LogP contribution in [-0.2, 0) is 9.53 Å². The molecule has 1 atom stereocenters. The fraction of sp³-hybridized carbons (Fsp3) is 0.176. The second-order valence-corrected chi connectivity index (χ2v) is 6.57. The number of benzene rings is 2. The Balaban J connectivity index is 2.08. The van der Waals surface area contributed by atoms with Gasteiger partial charge in [0.05, 0.1) is 28.6 Å². The van der Waals surface area contributed by atoms with Crippen molar-refractivity contribution in [2.75, 3.05) is 12.4 Å². The summed E-state index contributed by atoms with van der Waals surface area (Å²) < 4.78 is 4.66. The van der Waals surface area contributed by atoms with Gasteiger partial charge in [0.25, 0.3) is 0 Å². The lowest BCUT2D eigenvalue weighted by atomic mass is 10.2. The van der Waals surface area contributed by atoms with Crippen molar-refractivity contribution in [2.45, 2.75) is 17.1 Å². The highest BCUT2D eigenvalue weighted by Gasteiger charge is 2.17. The van der Waals surface area contributed by atoms with Gasteiger partial charge in [-0.1, -0.05) is 29.8 Å². The minimum Gasteiger partial charge on any atom is -0.465 e. The van der Waals surface area contributed by atoms with Gasteiger partial charge in [-0.3, -0.25) is 4.79 Å². The van der Waals surface area contributed by atoms with Crippen LogP contribution in [0.25, 0.3) is 0 Å². The molecule has 0 aliphatic rings. The van der Waals surface area contributed by atoms with Crippen LogP contribution in [0.2, 0.25) is 5.02 Å². The van der Waals surface area contributed by atoms with E-state index in [9.17, 15) is 9.59 Å². The van der Waals surface area contributed by atoms with Gasteiger partial charge in [-0.15, -0.1) is 11.8 Å². The van der Waals surface area contributed by atoms with Crippen LogP contribution in [0, 0.1) is 0 Å². The van der Waals surface area contributed by atoms with Crippen LogP contribution in [0.3, 0.4) is 0 Å². The van der Waals surface area contributed by atoms with E-state index in [1.807, 2.05) is 37.3 Å². The summed E-state index contributed by atoms with van der Waals surface area (Å²) in [6, 6.07) is 14.3. The minimum absolute atomic E-state index is 0.192. The number of rotatable bonds is 5. The van der Waals surface area contributed by atoms with E-state index < -0.39 is 5.97 Å². The summed E-state index contributed by atoms with van der Waals surface area (Å²) in [5.41, 5.74) is 0.718. The van der Waals surface area contributed by atoms with E-state index in [0.29, 0.717) is 16.3 Å². The van der Waals surface area contributed by atoms with E-state index in [1.165, 1.54) is 24.9 Å². The average molecular weight is 350 g/mol. The second-order valence-electron chi connectivity index (χ2n) is 4.75. The lowest BCUT2D eigenvalue weighted by molar-refractivity contribution is -0.115. The molecule has 0 saturated heterocycles. The van der Waals surface area contributed by atoms with Gasteiger partial charge < -0.3 is 10.1 Å². The number of carbonyl (C=O) groups excluding carboxylic acids is 2. The van der Waals surface area contributed by atoms with Crippen molar-refractivity contribution in [1.82, 2.24) is 0 Å². The maximum Gasteiger partial charge on any atom is 0.337 e. The van der Waals surface area contributed by atoms with E-state index in [2.05, 4.69) is 10.1 Å². The SMILES string of the molecule is COC(=O)c1ccc(Cl)c(NC(=O)[C@@H](C)Sc2ccccc2)c1. The van der Waals surface area contributed by atoms with Gasteiger partial charge in [0.2, 0.25) is 5.91 Å². The smallest absolute Gasteiger partial charge is 0.337 e. The molecule has 0 aliphatic carbocycles. The Hall–Kier alpha value is -1.98. The zero-order valence-electron chi connectivity index (χ0n) is 12.7. The van der Waals surface area contributed by atoms with E-state index in [0.717, 1.165) is 4.90 Å². The molecule has 6 heteroatoms. The average Bonchev–Trinajstić information content (AvgIpc) is 2.56. The fourth-order valence-electron chi connectivity index (χ4n) is 1.86. The van der Waals surface area contributed by atoms with Gasteiger partial charge in [-0.05, 0) is 37.3 Å². The third-order valence-corrected chi connectivity index (χ3v) is 4.51. The van der Waals surface area contributed by atoms with Crippen molar-refractivity contribution in [3.63, 3.8) is 0 Å². The molecule has 0 spiro atoms. The molecular weight excluding hydrogens is 334 g/mol. The van der Waals surface area contributed by atoms with E-state index in [4.69, 9.17) is 11.6 Å². The van der Waals surface area contributed by atoms with Crippen LogP contribution in [0.5, 0.6) is 0 Å². The van der Waals surface area contributed by atoms with Crippen LogP contribution < -0.4 is 5.32 Å². The molecule has 1 amide bonds. The largest absolute Gasteiger partial charge is 0.465 e. The number of nitrogens with one attached hydrogen (secondary N) is 1. The number of thioether (sulfide) groups is 1. The molecule has 0 radical (unpaired) electrons. The molecule has 0 fully saturated rings. The Bertz CT molecular complexity index is 706. The molecule has 2 rings (SSSR count). The monoisotopic (exact) mass is 349 g/mol. The summed E-state index contributed by atoms with van der Waals surface area (Å²) in [6.45, 7) is 1.81. The first-order valence-corrected chi connectivity index (χ1v) is 8.17. The van der Waals surface area contributed by atoms with Gasteiger partial charge in [0, 0.05) is 4.90 Å². The molecule has 0 aliphatic heterocycles. The molecule has 0 unspecified atom stereocenters. The third kappa shape index (κ3) is 4.74. The van der Waals surface area contributed by atoms with Crippen molar-refractivity contribution >= 4 is 40.9 Å². The van der Waals surface area contributed by atoms with Crippen LogP contribution in [0.15, 0.2) is 53.4 Å². The quantitative estimate of drug-likeness (QED) is 0.647. The van der Waals surface area contributed by atoms with Gasteiger partial charge in [0.15, 0.2) is 0 Å².